The van der Waals surface area contributed by atoms with Gasteiger partial charge in [0.2, 0.25) is 0 Å². The van der Waals surface area contributed by atoms with Gasteiger partial charge >= 0.3 is 0 Å². The molecule has 0 spiro atoms. The second-order valence-electron chi connectivity index (χ2n) is 3.75. The van der Waals surface area contributed by atoms with Crippen molar-refractivity contribution in [3.63, 3.8) is 0 Å². The maximum absolute atomic E-state index is 12.9. The summed E-state index contributed by atoms with van der Waals surface area (Å²) >= 11 is 0. The number of hydrogen-bond donors (Lipinski definition) is 1. The Balaban J connectivity index is 3.13. The van der Waals surface area contributed by atoms with Crippen LogP contribution < -0.4 is 5.73 Å². The number of halogens is 2. The van der Waals surface area contributed by atoms with Crippen LogP contribution in [0.2, 0.25) is 0 Å². The minimum atomic E-state index is -2.55. The van der Waals surface area contributed by atoms with Gasteiger partial charge in [-0.25, -0.2) is 8.78 Å². The Morgan fingerprint density at radius 1 is 1.14 bits per heavy atom. The van der Waals surface area contributed by atoms with Gasteiger partial charge in [-0.05, 0) is 11.5 Å². The first-order chi connectivity index (χ1) is 6.49. The molecule has 0 aliphatic rings. The Kier molecular flexibility index (Phi) is 3.21. The lowest BCUT2D eigenvalue weighted by molar-refractivity contribution is 0.0241. The Morgan fingerprint density at radius 3 is 2.00 bits per heavy atom. The molecule has 0 aliphatic heterocycles. The van der Waals surface area contributed by atoms with Crippen LogP contribution in [0.25, 0.3) is 0 Å². The quantitative estimate of drug-likeness (QED) is 0.795. The molecule has 1 nitrogen and oxygen atoms in total. The van der Waals surface area contributed by atoms with Gasteiger partial charge in [0.05, 0.1) is 0 Å². The lowest BCUT2D eigenvalue weighted by atomic mass is 9.81. The molecule has 0 bridgehead atoms. The van der Waals surface area contributed by atoms with Gasteiger partial charge in [0.1, 0.15) is 5.54 Å². The monoisotopic (exact) mass is 199 g/mol. The molecule has 78 valence electrons. The summed E-state index contributed by atoms with van der Waals surface area (Å²) < 4.78 is 25.8. The first kappa shape index (κ1) is 11.1. The minimum Gasteiger partial charge on any atom is -0.316 e. The van der Waals surface area contributed by atoms with Gasteiger partial charge in [-0.3, -0.25) is 0 Å². The molecule has 0 amide bonds. The van der Waals surface area contributed by atoms with Gasteiger partial charge in [-0.15, -0.1) is 0 Å². The van der Waals surface area contributed by atoms with Gasteiger partial charge in [0, 0.05) is 0 Å². The molecule has 0 aromatic heterocycles. The van der Waals surface area contributed by atoms with Crippen molar-refractivity contribution in [2.24, 2.45) is 11.7 Å². The average molecular weight is 199 g/mol. The van der Waals surface area contributed by atoms with E-state index < -0.39 is 12.0 Å². The molecule has 0 radical (unpaired) electrons. The summed E-state index contributed by atoms with van der Waals surface area (Å²) in [4.78, 5) is 0. The Hall–Kier alpha value is -0.960. The fourth-order valence-corrected chi connectivity index (χ4v) is 1.44. The van der Waals surface area contributed by atoms with Crippen LogP contribution in [0.15, 0.2) is 30.3 Å². The van der Waals surface area contributed by atoms with E-state index in [-0.39, 0.29) is 5.92 Å². The van der Waals surface area contributed by atoms with Crippen molar-refractivity contribution in [3.05, 3.63) is 35.9 Å². The normalized spacial score (nSPS) is 15.9. The molecular formula is C11H15F2N. The molecule has 3 heteroatoms. The largest absolute Gasteiger partial charge is 0.316 e. The van der Waals surface area contributed by atoms with Gasteiger partial charge in [-0.2, -0.15) is 0 Å². The van der Waals surface area contributed by atoms with E-state index in [0.717, 1.165) is 0 Å². The Bertz CT molecular complexity index is 275. The van der Waals surface area contributed by atoms with Crippen LogP contribution in [0.4, 0.5) is 8.78 Å². The first-order valence-corrected chi connectivity index (χ1v) is 4.62. The van der Waals surface area contributed by atoms with Crippen molar-refractivity contribution in [1.29, 1.82) is 0 Å². The third-order valence-corrected chi connectivity index (χ3v) is 2.59. The topological polar surface area (TPSA) is 26.0 Å². The van der Waals surface area contributed by atoms with Crippen LogP contribution >= 0.6 is 0 Å². The van der Waals surface area contributed by atoms with Crippen LogP contribution in [0.5, 0.6) is 0 Å². The predicted octanol–water partition coefficient (Wildman–Crippen LogP) is 2.76. The van der Waals surface area contributed by atoms with Gasteiger partial charge < -0.3 is 5.73 Å². The van der Waals surface area contributed by atoms with Crippen LogP contribution in [-0.2, 0) is 5.54 Å². The Labute approximate surface area is 82.9 Å². The van der Waals surface area contributed by atoms with E-state index >= 15 is 0 Å². The zero-order valence-corrected chi connectivity index (χ0v) is 8.37. The smallest absolute Gasteiger partial charge is 0.260 e. The second kappa shape index (κ2) is 4.05. The van der Waals surface area contributed by atoms with E-state index in [4.69, 9.17) is 5.73 Å². The van der Waals surface area contributed by atoms with Crippen molar-refractivity contribution >= 4 is 0 Å². The summed E-state index contributed by atoms with van der Waals surface area (Å²) in [5.41, 5.74) is 4.71. The summed E-state index contributed by atoms with van der Waals surface area (Å²) in [5, 5.41) is 0. The minimum absolute atomic E-state index is 0.301. The second-order valence-corrected chi connectivity index (χ2v) is 3.75. The van der Waals surface area contributed by atoms with Crippen molar-refractivity contribution < 1.29 is 8.78 Å². The molecule has 1 atom stereocenters. The van der Waals surface area contributed by atoms with Crippen molar-refractivity contribution in [2.45, 2.75) is 25.8 Å². The third-order valence-electron chi connectivity index (χ3n) is 2.59. The van der Waals surface area contributed by atoms with Crippen molar-refractivity contribution in [3.8, 4) is 0 Å². The standard InChI is InChI=1S/C11H15F2N/c1-8(2)11(14,10(12)13)9-6-4-3-5-7-9/h3-8,10H,14H2,1-2H3. The van der Waals surface area contributed by atoms with E-state index in [0.29, 0.717) is 5.56 Å². The van der Waals surface area contributed by atoms with E-state index in [1.54, 1.807) is 44.2 Å². The molecule has 0 fully saturated rings. The van der Waals surface area contributed by atoms with Crippen LogP contribution in [-0.4, -0.2) is 6.43 Å². The summed E-state index contributed by atoms with van der Waals surface area (Å²) in [6.07, 6.45) is -2.55. The number of hydrogen-bond acceptors (Lipinski definition) is 1. The molecule has 0 aliphatic carbocycles. The zero-order chi connectivity index (χ0) is 10.8. The molecule has 1 unspecified atom stereocenters. The highest BCUT2D eigenvalue weighted by Crippen LogP contribution is 2.32. The lowest BCUT2D eigenvalue weighted by Crippen LogP contribution is -2.48. The van der Waals surface area contributed by atoms with Gasteiger partial charge in [-0.1, -0.05) is 44.2 Å². The van der Waals surface area contributed by atoms with Gasteiger partial charge in [0.15, 0.2) is 0 Å². The SMILES string of the molecule is CC(C)C(N)(c1ccccc1)C(F)F. The average Bonchev–Trinajstić information content (AvgIpc) is 2.17. The van der Waals surface area contributed by atoms with E-state index in [9.17, 15) is 8.78 Å². The zero-order valence-electron chi connectivity index (χ0n) is 8.37. The lowest BCUT2D eigenvalue weighted by Gasteiger charge is -2.33. The molecule has 1 rings (SSSR count). The van der Waals surface area contributed by atoms with Crippen molar-refractivity contribution in [1.82, 2.24) is 0 Å². The molecule has 1 aromatic rings. The van der Waals surface area contributed by atoms with E-state index in [1.165, 1.54) is 0 Å². The fraction of sp³-hybridized carbons (Fsp3) is 0.455. The third kappa shape index (κ3) is 1.77. The molecule has 0 saturated carbocycles. The number of benzene rings is 1. The van der Waals surface area contributed by atoms with Crippen LogP contribution in [0.3, 0.4) is 0 Å². The first-order valence-electron chi connectivity index (χ1n) is 4.62. The summed E-state index contributed by atoms with van der Waals surface area (Å²) in [5.74, 6) is -0.301. The molecule has 0 saturated heterocycles. The van der Waals surface area contributed by atoms with E-state index in [1.807, 2.05) is 0 Å². The highest BCUT2D eigenvalue weighted by Gasteiger charge is 2.40. The summed E-state index contributed by atoms with van der Waals surface area (Å²) in [6, 6.07) is 8.53. The molecule has 2 N–H and O–H groups in total. The molecule has 1 aromatic carbocycles. The number of nitrogens with two attached hydrogens (primary N) is 1. The highest BCUT2D eigenvalue weighted by atomic mass is 19.3. The van der Waals surface area contributed by atoms with Crippen molar-refractivity contribution in [2.75, 3.05) is 0 Å². The fourth-order valence-electron chi connectivity index (χ4n) is 1.44. The summed E-state index contributed by atoms with van der Waals surface area (Å²) in [7, 11) is 0. The molecule has 14 heavy (non-hydrogen) atoms. The number of alkyl halides is 2. The maximum Gasteiger partial charge on any atom is 0.260 e. The molecular weight excluding hydrogens is 184 g/mol. The van der Waals surface area contributed by atoms with Gasteiger partial charge in [0.25, 0.3) is 6.43 Å². The molecule has 0 heterocycles. The maximum atomic E-state index is 12.9. The summed E-state index contributed by atoms with van der Waals surface area (Å²) in [6.45, 7) is 3.42. The van der Waals surface area contributed by atoms with Crippen LogP contribution in [0, 0.1) is 5.92 Å². The highest BCUT2D eigenvalue weighted by molar-refractivity contribution is 5.25. The number of rotatable bonds is 3. The van der Waals surface area contributed by atoms with Crippen LogP contribution in [0.1, 0.15) is 19.4 Å². The predicted molar refractivity (Wildman–Crippen MR) is 53.1 cm³/mol. The van der Waals surface area contributed by atoms with E-state index in [2.05, 4.69) is 0 Å². The Morgan fingerprint density at radius 2 is 1.64 bits per heavy atom.